The van der Waals surface area contributed by atoms with E-state index in [1.165, 1.54) is 11.1 Å². The second-order valence-corrected chi connectivity index (χ2v) is 7.14. The van der Waals surface area contributed by atoms with E-state index in [-0.39, 0.29) is 6.79 Å². The zero-order valence-electron chi connectivity index (χ0n) is 16.8. The van der Waals surface area contributed by atoms with Gasteiger partial charge in [-0.25, -0.2) is 0 Å². The Morgan fingerprint density at radius 1 is 0.517 bits per heavy atom. The van der Waals surface area contributed by atoms with Crippen LogP contribution in [0.5, 0.6) is 11.5 Å². The number of rotatable bonds is 6. The van der Waals surface area contributed by atoms with E-state index in [1.807, 2.05) is 36.4 Å². The van der Waals surface area contributed by atoms with Crippen LogP contribution < -0.4 is 9.47 Å². The monoisotopic (exact) mass is 380 g/mol. The van der Waals surface area contributed by atoms with Crippen LogP contribution in [0.2, 0.25) is 0 Å². The summed E-state index contributed by atoms with van der Waals surface area (Å²) in [6.07, 6.45) is 0. The standard InChI is InChI=1S/C27H24O2/c1-20-9-7-11-22(17-20)24-13-3-5-15-26(24)28-19-29-27-16-6-4-14-25(27)23-12-8-10-21(2)18-23/h3-18H,19H2,1-2H3. The number of hydrogen-bond acceptors (Lipinski definition) is 2. The van der Waals surface area contributed by atoms with E-state index in [2.05, 4.69) is 74.5 Å². The van der Waals surface area contributed by atoms with Crippen LogP contribution in [-0.2, 0) is 0 Å². The molecule has 29 heavy (non-hydrogen) atoms. The Morgan fingerprint density at radius 2 is 0.966 bits per heavy atom. The number of aryl methyl sites for hydroxylation is 2. The van der Waals surface area contributed by atoms with Crippen molar-refractivity contribution in [1.82, 2.24) is 0 Å². The van der Waals surface area contributed by atoms with Gasteiger partial charge in [0.25, 0.3) is 0 Å². The van der Waals surface area contributed by atoms with Gasteiger partial charge in [0.1, 0.15) is 11.5 Å². The van der Waals surface area contributed by atoms with Crippen molar-refractivity contribution in [2.75, 3.05) is 6.79 Å². The molecule has 0 aliphatic rings. The molecule has 4 aromatic carbocycles. The van der Waals surface area contributed by atoms with Crippen molar-refractivity contribution in [3.8, 4) is 33.8 Å². The van der Waals surface area contributed by atoms with Gasteiger partial charge in [0.05, 0.1) is 0 Å². The van der Waals surface area contributed by atoms with Gasteiger partial charge in [0.2, 0.25) is 6.79 Å². The molecule has 0 fully saturated rings. The van der Waals surface area contributed by atoms with Gasteiger partial charge >= 0.3 is 0 Å². The van der Waals surface area contributed by atoms with E-state index in [0.29, 0.717) is 0 Å². The second-order valence-electron chi connectivity index (χ2n) is 7.14. The van der Waals surface area contributed by atoms with Crippen molar-refractivity contribution in [2.45, 2.75) is 13.8 Å². The summed E-state index contributed by atoms with van der Waals surface area (Å²) >= 11 is 0. The van der Waals surface area contributed by atoms with Crippen molar-refractivity contribution in [3.05, 3.63) is 108 Å². The lowest BCUT2D eigenvalue weighted by molar-refractivity contribution is 0.121. The number of para-hydroxylation sites is 2. The van der Waals surface area contributed by atoms with Crippen LogP contribution in [-0.4, -0.2) is 6.79 Å². The Labute approximate surface area is 172 Å². The fourth-order valence-corrected chi connectivity index (χ4v) is 3.44. The molecular formula is C27H24O2. The Kier molecular flexibility index (Phi) is 5.62. The highest BCUT2D eigenvalue weighted by atomic mass is 16.7. The lowest BCUT2D eigenvalue weighted by Gasteiger charge is -2.15. The highest BCUT2D eigenvalue weighted by Crippen LogP contribution is 2.32. The van der Waals surface area contributed by atoms with Gasteiger partial charge in [-0.15, -0.1) is 0 Å². The molecule has 0 amide bonds. The smallest absolute Gasteiger partial charge is 0.230 e. The molecule has 0 saturated carbocycles. The van der Waals surface area contributed by atoms with Crippen LogP contribution in [0.15, 0.2) is 97.1 Å². The maximum absolute atomic E-state index is 6.03. The number of ether oxygens (including phenoxy) is 2. The van der Waals surface area contributed by atoms with E-state index in [1.54, 1.807) is 0 Å². The van der Waals surface area contributed by atoms with Crippen LogP contribution in [0, 0.1) is 13.8 Å². The first-order valence-corrected chi connectivity index (χ1v) is 9.78. The van der Waals surface area contributed by atoms with Crippen molar-refractivity contribution in [3.63, 3.8) is 0 Å². The first kappa shape index (κ1) is 18.8. The minimum atomic E-state index is 0.145. The minimum Gasteiger partial charge on any atom is -0.457 e. The summed E-state index contributed by atoms with van der Waals surface area (Å²) in [6, 6.07) is 33.0. The molecule has 0 aliphatic carbocycles. The van der Waals surface area contributed by atoms with Gasteiger partial charge in [-0.3, -0.25) is 0 Å². The van der Waals surface area contributed by atoms with E-state index in [0.717, 1.165) is 33.8 Å². The predicted octanol–water partition coefficient (Wildman–Crippen LogP) is 7.05. The average molecular weight is 380 g/mol. The number of benzene rings is 4. The molecule has 144 valence electrons. The molecule has 0 radical (unpaired) electrons. The SMILES string of the molecule is Cc1cccc(-c2ccccc2OCOc2ccccc2-c2cccc(C)c2)c1. The van der Waals surface area contributed by atoms with Crippen LogP contribution in [0.4, 0.5) is 0 Å². The van der Waals surface area contributed by atoms with E-state index in [4.69, 9.17) is 9.47 Å². The third-order valence-electron chi connectivity index (χ3n) is 4.86. The molecule has 4 rings (SSSR count). The fourth-order valence-electron chi connectivity index (χ4n) is 3.44. The van der Waals surface area contributed by atoms with Crippen molar-refractivity contribution in [1.29, 1.82) is 0 Å². The van der Waals surface area contributed by atoms with Crippen LogP contribution in [0.1, 0.15) is 11.1 Å². The van der Waals surface area contributed by atoms with Crippen molar-refractivity contribution < 1.29 is 9.47 Å². The molecule has 0 atom stereocenters. The van der Waals surface area contributed by atoms with Gasteiger partial charge in [-0.1, -0.05) is 96.1 Å². The molecule has 2 nitrogen and oxygen atoms in total. The summed E-state index contributed by atoms with van der Waals surface area (Å²) in [5, 5.41) is 0. The molecular weight excluding hydrogens is 356 g/mol. The summed E-state index contributed by atoms with van der Waals surface area (Å²) in [5.74, 6) is 1.62. The molecule has 0 N–H and O–H groups in total. The highest BCUT2D eigenvalue weighted by molar-refractivity contribution is 5.71. The molecule has 0 saturated heterocycles. The second kappa shape index (κ2) is 8.66. The van der Waals surface area contributed by atoms with Crippen LogP contribution in [0.3, 0.4) is 0 Å². The van der Waals surface area contributed by atoms with Crippen LogP contribution >= 0.6 is 0 Å². The molecule has 0 bridgehead atoms. The third kappa shape index (κ3) is 4.49. The lowest BCUT2D eigenvalue weighted by atomic mass is 10.0. The minimum absolute atomic E-state index is 0.145. The lowest BCUT2D eigenvalue weighted by Crippen LogP contribution is -2.07. The molecule has 2 heteroatoms. The topological polar surface area (TPSA) is 18.5 Å². The predicted molar refractivity (Wildman–Crippen MR) is 119 cm³/mol. The summed E-state index contributed by atoms with van der Waals surface area (Å²) in [5.41, 5.74) is 6.85. The molecule has 0 unspecified atom stereocenters. The van der Waals surface area contributed by atoms with E-state index >= 15 is 0 Å². The molecule has 0 aromatic heterocycles. The molecule has 0 spiro atoms. The quantitative estimate of drug-likeness (QED) is 0.334. The van der Waals surface area contributed by atoms with Gasteiger partial charge in [0, 0.05) is 11.1 Å². The Bertz CT molecular complexity index is 1030. The average Bonchev–Trinajstić information content (AvgIpc) is 2.74. The zero-order valence-corrected chi connectivity index (χ0v) is 16.8. The van der Waals surface area contributed by atoms with Gasteiger partial charge < -0.3 is 9.47 Å². The Hall–Kier alpha value is -3.52. The molecule has 4 aromatic rings. The summed E-state index contributed by atoms with van der Waals surface area (Å²) in [7, 11) is 0. The molecule has 0 aliphatic heterocycles. The highest BCUT2D eigenvalue weighted by Gasteiger charge is 2.09. The van der Waals surface area contributed by atoms with Gasteiger partial charge in [-0.05, 0) is 37.1 Å². The van der Waals surface area contributed by atoms with Crippen molar-refractivity contribution in [2.24, 2.45) is 0 Å². The van der Waals surface area contributed by atoms with Crippen molar-refractivity contribution >= 4 is 0 Å². The fraction of sp³-hybridized carbons (Fsp3) is 0.111. The maximum atomic E-state index is 6.03. The first-order valence-electron chi connectivity index (χ1n) is 9.78. The first-order chi connectivity index (χ1) is 14.2. The van der Waals surface area contributed by atoms with Crippen LogP contribution in [0.25, 0.3) is 22.3 Å². The normalized spacial score (nSPS) is 10.6. The largest absolute Gasteiger partial charge is 0.457 e. The molecule has 0 heterocycles. The summed E-state index contributed by atoms with van der Waals surface area (Å²) in [4.78, 5) is 0. The Morgan fingerprint density at radius 3 is 1.41 bits per heavy atom. The Balaban J connectivity index is 1.53. The van der Waals surface area contributed by atoms with Gasteiger partial charge in [-0.2, -0.15) is 0 Å². The number of hydrogen-bond donors (Lipinski definition) is 0. The van der Waals surface area contributed by atoms with Gasteiger partial charge in [0.15, 0.2) is 0 Å². The zero-order chi connectivity index (χ0) is 20.1. The van der Waals surface area contributed by atoms with E-state index in [9.17, 15) is 0 Å². The third-order valence-corrected chi connectivity index (χ3v) is 4.86. The van der Waals surface area contributed by atoms with E-state index < -0.39 is 0 Å². The maximum Gasteiger partial charge on any atom is 0.230 e. The summed E-state index contributed by atoms with van der Waals surface area (Å²) in [6.45, 7) is 4.34. The summed E-state index contributed by atoms with van der Waals surface area (Å²) < 4.78 is 12.1.